The third-order valence-corrected chi connectivity index (χ3v) is 7.02. The molecule has 1 amide bonds. The van der Waals surface area contributed by atoms with E-state index in [4.69, 9.17) is 9.47 Å². The zero-order valence-corrected chi connectivity index (χ0v) is 21.0. The number of hydrogen-bond donors (Lipinski definition) is 2. The maximum absolute atomic E-state index is 15.3. The van der Waals surface area contributed by atoms with E-state index in [2.05, 4.69) is 5.32 Å². The molecule has 0 bridgehead atoms. The number of ether oxygens (including phenoxy) is 2. The number of halogens is 4. The van der Waals surface area contributed by atoms with Crippen LogP contribution in [0.1, 0.15) is 30.1 Å². The molecule has 2 heterocycles. The molecule has 1 saturated heterocycles. The lowest BCUT2D eigenvalue weighted by molar-refractivity contribution is -0.149. The number of benzene rings is 3. The highest BCUT2D eigenvalue weighted by atomic mass is 19.3. The summed E-state index contributed by atoms with van der Waals surface area (Å²) in [6.07, 6.45) is 0.328. The molecule has 5 rings (SSSR count). The predicted molar refractivity (Wildman–Crippen MR) is 136 cm³/mol. The maximum Gasteiger partial charge on any atom is 0.349 e. The summed E-state index contributed by atoms with van der Waals surface area (Å²) < 4.78 is 69.2. The molecule has 39 heavy (non-hydrogen) atoms. The Morgan fingerprint density at radius 2 is 1.56 bits per heavy atom. The van der Waals surface area contributed by atoms with E-state index in [1.807, 2.05) is 4.90 Å². The zero-order chi connectivity index (χ0) is 27.6. The third kappa shape index (κ3) is 5.86. The van der Waals surface area contributed by atoms with Crippen LogP contribution in [0.5, 0.6) is 11.5 Å². The van der Waals surface area contributed by atoms with Crippen LogP contribution in [0, 0.1) is 11.6 Å². The second kappa shape index (κ2) is 11.2. The number of nitrogens with zero attached hydrogens (tertiary/aromatic N) is 1. The Hall–Kier alpha value is -3.63. The second-order valence-corrected chi connectivity index (χ2v) is 9.72. The highest BCUT2D eigenvalue weighted by Crippen LogP contribution is 2.37. The average molecular weight is 545 g/mol. The van der Waals surface area contributed by atoms with Crippen LogP contribution < -0.4 is 14.8 Å². The van der Waals surface area contributed by atoms with E-state index < -0.39 is 41.2 Å². The second-order valence-electron chi connectivity index (χ2n) is 9.72. The minimum absolute atomic E-state index is 0.0760. The fourth-order valence-corrected chi connectivity index (χ4v) is 4.91. The van der Waals surface area contributed by atoms with Gasteiger partial charge in [0.2, 0.25) is 0 Å². The highest BCUT2D eigenvalue weighted by Gasteiger charge is 2.43. The largest absolute Gasteiger partial charge is 0.486 e. The topological polar surface area (TPSA) is 71.0 Å². The summed E-state index contributed by atoms with van der Waals surface area (Å²) in [5.41, 5.74) is 0.757. The van der Waals surface area contributed by atoms with Crippen LogP contribution in [-0.4, -0.2) is 54.8 Å². The van der Waals surface area contributed by atoms with Gasteiger partial charge in [-0.15, -0.1) is 0 Å². The van der Waals surface area contributed by atoms with Gasteiger partial charge in [0.1, 0.15) is 25.1 Å². The van der Waals surface area contributed by atoms with Gasteiger partial charge in [-0.2, -0.15) is 8.78 Å². The van der Waals surface area contributed by atoms with E-state index in [0.717, 1.165) is 31.0 Å². The zero-order valence-electron chi connectivity index (χ0n) is 21.0. The molecule has 2 aliphatic rings. The maximum atomic E-state index is 15.3. The summed E-state index contributed by atoms with van der Waals surface area (Å²) in [4.78, 5) is 14.9. The number of amides is 1. The van der Waals surface area contributed by atoms with Crippen molar-refractivity contribution in [3.63, 3.8) is 0 Å². The van der Waals surface area contributed by atoms with Crippen molar-refractivity contribution in [3.05, 3.63) is 83.4 Å². The first-order chi connectivity index (χ1) is 18.7. The van der Waals surface area contributed by atoms with Gasteiger partial charge >= 0.3 is 5.92 Å². The van der Waals surface area contributed by atoms with Crippen LogP contribution >= 0.6 is 0 Å². The van der Waals surface area contributed by atoms with Crippen molar-refractivity contribution in [3.8, 4) is 22.6 Å². The number of fused-ring (bicyclic) bond motifs is 1. The van der Waals surface area contributed by atoms with Gasteiger partial charge in [0.15, 0.2) is 17.3 Å². The molecule has 206 valence electrons. The summed E-state index contributed by atoms with van der Waals surface area (Å²) in [5, 5.41) is 13.5. The number of carbonyl (C=O) groups is 1. The van der Waals surface area contributed by atoms with E-state index in [1.54, 1.807) is 0 Å². The molecular weight excluding hydrogens is 516 g/mol. The molecule has 2 N–H and O–H groups in total. The van der Waals surface area contributed by atoms with Crippen LogP contribution in [0.15, 0.2) is 60.7 Å². The van der Waals surface area contributed by atoms with E-state index in [-0.39, 0.29) is 36.8 Å². The number of aliphatic hydroxyl groups excluding tert-OH is 1. The quantitative estimate of drug-likeness (QED) is 0.399. The Morgan fingerprint density at radius 3 is 2.23 bits per heavy atom. The fraction of sp³-hybridized carbons (Fsp3) is 0.345. The van der Waals surface area contributed by atoms with Crippen LogP contribution in [0.3, 0.4) is 0 Å². The molecule has 2 atom stereocenters. The average Bonchev–Trinajstić information content (AvgIpc) is 3.46. The van der Waals surface area contributed by atoms with Crippen molar-refractivity contribution < 1.29 is 36.9 Å². The third-order valence-electron chi connectivity index (χ3n) is 7.02. The fourth-order valence-electron chi connectivity index (χ4n) is 4.91. The van der Waals surface area contributed by atoms with Gasteiger partial charge in [-0.05, 0) is 66.9 Å². The van der Waals surface area contributed by atoms with Crippen molar-refractivity contribution in [1.82, 2.24) is 10.2 Å². The number of hydrogen-bond acceptors (Lipinski definition) is 5. The van der Waals surface area contributed by atoms with Crippen LogP contribution in [0.2, 0.25) is 0 Å². The standard InChI is InChI=1S/C29H28F4N2O4/c30-22-9-5-19(6-10-22)18-3-7-21(8-4-18)29(32,33)28(37)34-24(17-35-11-1-2-12-35)26(36)20-15-23(31)27-25(16-20)38-13-14-39-27/h3-10,15-16,24,26,36H,1-2,11-14,17H2,(H,34,37)/t24-,26-/m1/s1. The number of rotatable bonds is 8. The van der Waals surface area contributed by atoms with Gasteiger partial charge < -0.3 is 24.8 Å². The Kier molecular flexibility index (Phi) is 7.76. The van der Waals surface area contributed by atoms with Crippen molar-refractivity contribution >= 4 is 5.91 Å². The summed E-state index contributed by atoms with van der Waals surface area (Å²) in [7, 11) is 0. The highest BCUT2D eigenvalue weighted by molar-refractivity contribution is 5.85. The predicted octanol–water partition coefficient (Wildman–Crippen LogP) is 4.81. The summed E-state index contributed by atoms with van der Waals surface area (Å²) >= 11 is 0. The lowest BCUT2D eigenvalue weighted by Crippen LogP contribution is -2.51. The molecule has 0 unspecified atom stereocenters. The molecule has 0 radical (unpaired) electrons. The Labute approximate surface area is 223 Å². The van der Waals surface area contributed by atoms with Crippen molar-refractivity contribution in [1.29, 1.82) is 0 Å². The lowest BCUT2D eigenvalue weighted by Gasteiger charge is -2.30. The van der Waals surface area contributed by atoms with Crippen molar-refractivity contribution in [2.45, 2.75) is 30.9 Å². The minimum Gasteiger partial charge on any atom is -0.486 e. The van der Waals surface area contributed by atoms with Gasteiger partial charge in [-0.1, -0.05) is 36.4 Å². The SMILES string of the molecule is O=C(N[C@H](CN1CCCC1)[C@H](O)c1cc(F)c2c(c1)OCCO2)C(F)(F)c1ccc(-c2ccc(F)cc2)cc1. The van der Waals surface area contributed by atoms with Crippen LogP contribution in [0.4, 0.5) is 17.6 Å². The number of likely N-dealkylation sites (tertiary alicyclic amines) is 1. The first-order valence-corrected chi connectivity index (χ1v) is 12.8. The van der Waals surface area contributed by atoms with E-state index >= 15 is 8.78 Å². The molecule has 0 aromatic heterocycles. The number of alkyl halides is 2. The number of aliphatic hydroxyl groups is 1. The van der Waals surface area contributed by atoms with E-state index in [0.29, 0.717) is 24.2 Å². The lowest BCUT2D eigenvalue weighted by atomic mass is 9.98. The molecular formula is C29H28F4N2O4. The van der Waals surface area contributed by atoms with Gasteiger partial charge in [0.25, 0.3) is 5.91 Å². The van der Waals surface area contributed by atoms with Gasteiger partial charge in [-0.25, -0.2) is 8.78 Å². The smallest absolute Gasteiger partial charge is 0.349 e. The molecule has 6 nitrogen and oxygen atoms in total. The first-order valence-electron chi connectivity index (χ1n) is 12.8. The Morgan fingerprint density at radius 1 is 0.949 bits per heavy atom. The first kappa shape index (κ1) is 27.0. The minimum atomic E-state index is -3.91. The summed E-state index contributed by atoms with van der Waals surface area (Å²) in [5.74, 6) is -6.64. The van der Waals surface area contributed by atoms with Crippen molar-refractivity contribution in [2.24, 2.45) is 0 Å². The van der Waals surface area contributed by atoms with Gasteiger partial charge in [0, 0.05) is 12.1 Å². The summed E-state index contributed by atoms with van der Waals surface area (Å²) in [6.45, 7) is 1.86. The normalized spacial score (nSPS) is 17.1. The monoisotopic (exact) mass is 544 g/mol. The molecule has 3 aromatic carbocycles. The van der Waals surface area contributed by atoms with E-state index in [1.165, 1.54) is 42.5 Å². The molecule has 0 aliphatic carbocycles. The van der Waals surface area contributed by atoms with Crippen LogP contribution in [-0.2, 0) is 10.7 Å². The van der Waals surface area contributed by atoms with E-state index in [9.17, 15) is 18.7 Å². The van der Waals surface area contributed by atoms with Crippen molar-refractivity contribution in [2.75, 3.05) is 32.8 Å². The van der Waals surface area contributed by atoms with Gasteiger partial charge in [-0.3, -0.25) is 4.79 Å². The summed E-state index contributed by atoms with van der Waals surface area (Å²) in [6, 6.07) is 12.0. The Balaban J connectivity index is 1.36. The number of nitrogens with one attached hydrogen (secondary N) is 1. The Bertz CT molecular complexity index is 1310. The van der Waals surface area contributed by atoms with Crippen LogP contribution in [0.25, 0.3) is 11.1 Å². The molecule has 2 aliphatic heterocycles. The van der Waals surface area contributed by atoms with Gasteiger partial charge in [0.05, 0.1) is 6.04 Å². The molecule has 10 heteroatoms. The molecule has 1 fully saturated rings. The number of carbonyl (C=O) groups excluding carboxylic acids is 1. The molecule has 3 aromatic rings. The molecule has 0 saturated carbocycles. The molecule has 0 spiro atoms.